The topological polar surface area (TPSA) is 143 Å². The zero-order valence-electron chi connectivity index (χ0n) is 27.8. The van der Waals surface area contributed by atoms with Crippen molar-refractivity contribution < 1.29 is 23.7 Å². The van der Waals surface area contributed by atoms with Gasteiger partial charge in [-0.15, -0.1) is 5.10 Å². The van der Waals surface area contributed by atoms with E-state index in [-0.39, 0.29) is 25.2 Å². The summed E-state index contributed by atoms with van der Waals surface area (Å²) < 4.78 is 26.9. The molecule has 0 aliphatic carbocycles. The van der Waals surface area contributed by atoms with Gasteiger partial charge in [0.1, 0.15) is 36.7 Å². The summed E-state index contributed by atoms with van der Waals surface area (Å²) >= 11 is 0. The van der Waals surface area contributed by atoms with Crippen LogP contribution in [0, 0.1) is 0 Å². The summed E-state index contributed by atoms with van der Waals surface area (Å²) in [6, 6.07) is 1.26. The second kappa shape index (κ2) is 19.6. The fraction of sp³-hybridized carbons (Fsp3) is 0.781. The van der Waals surface area contributed by atoms with Gasteiger partial charge in [-0.1, -0.05) is 70.4 Å². The molecule has 3 rings (SSSR count). The maximum atomic E-state index is 12.9. The lowest BCUT2D eigenvalue weighted by Gasteiger charge is -2.24. The minimum Gasteiger partial charge on any atom is -0.461 e. The van der Waals surface area contributed by atoms with Crippen LogP contribution in [0.15, 0.2) is 28.0 Å². The number of likely N-dealkylation sites (N-methyl/N-ethyl adjacent to an activating group) is 1. The van der Waals surface area contributed by atoms with E-state index in [0.29, 0.717) is 12.2 Å². The van der Waals surface area contributed by atoms with Crippen LogP contribution < -0.4 is 11.2 Å². The number of aromatic amines is 1. The van der Waals surface area contributed by atoms with E-state index in [2.05, 4.69) is 29.1 Å². The Kier molecular flexibility index (Phi) is 15.9. The number of ether oxygens (including phenoxy) is 4. The lowest BCUT2D eigenvalue weighted by Crippen LogP contribution is -2.41. The molecule has 0 aromatic carbocycles. The van der Waals surface area contributed by atoms with Crippen molar-refractivity contribution in [3.63, 3.8) is 0 Å². The molecular weight excluding hydrogens is 580 g/mol. The third kappa shape index (κ3) is 12.1. The van der Waals surface area contributed by atoms with Gasteiger partial charge in [0.05, 0.1) is 12.8 Å². The summed E-state index contributed by atoms with van der Waals surface area (Å²) in [6.45, 7) is 4.95. The quantitative estimate of drug-likeness (QED) is 0.150. The van der Waals surface area contributed by atoms with Gasteiger partial charge in [0.25, 0.3) is 5.56 Å². The number of H-pyrrole nitrogens is 1. The molecule has 1 unspecified atom stereocenters. The molecule has 0 saturated carbocycles. The Morgan fingerprint density at radius 1 is 1.02 bits per heavy atom. The smallest absolute Gasteiger partial charge is 0.330 e. The number of hydrogen-bond acceptors (Lipinski definition) is 10. The first-order valence-corrected chi connectivity index (χ1v) is 16.6. The average Bonchev–Trinajstić information content (AvgIpc) is 3.58. The summed E-state index contributed by atoms with van der Waals surface area (Å²) in [4.78, 5) is 41.4. The second-order valence-electron chi connectivity index (χ2n) is 12.2. The average molecular weight is 635 g/mol. The Morgan fingerprint density at radius 3 is 2.33 bits per heavy atom. The van der Waals surface area contributed by atoms with Crippen molar-refractivity contribution in [2.24, 2.45) is 0 Å². The van der Waals surface area contributed by atoms with Crippen molar-refractivity contribution in [1.82, 2.24) is 29.4 Å². The van der Waals surface area contributed by atoms with Gasteiger partial charge in [-0.05, 0) is 39.8 Å². The highest BCUT2D eigenvalue weighted by Crippen LogP contribution is 2.33. The number of hydrogen-bond donors (Lipinski definition) is 1. The second-order valence-corrected chi connectivity index (χ2v) is 12.2. The summed E-state index contributed by atoms with van der Waals surface area (Å²) in [5, 5.41) is 8.30. The highest BCUT2D eigenvalue weighted by atomic mass is 16.6. The standard InChI is InChI=1S/C32H54N6O7/c1-6-8-10-12-13-15-17-25(16-14-11-9-7-2)44-28(40)22-37-20-24(34-35-37)23-43-30-29(42-5)26(21-36(3)4)45-31(30)38-19-18-27(39)33-32(38)41/h18-20,25-26,29-31H,6-17,21-23H2,1-5H3,(H,33,39,41)/t25?,26-,29-,30-,31-/m1/s1. The van der Waals surface area contributed by atoms with E-state index < -0.39 is 35.8 Å². The van der Waals surface area contributed by atoms with Crippen LogP contribution in [-0.4, -0.2) is 87.6 Å². The molecule has 1 N–H and O–H groups in total. The third-order valence-electron chi connectivity index (χ3n) is 8.09. The molecular formula is C32H54N6O7. The number of nitrogens with one attached hydrogen (secondary N) is 1. The number of carbonyl (C=O) groups excluding carboxylic acids is 1. The number of nitrogens with zero attached hydrogens (tertiary/aromatic N) is 5. The highest BCUT2D eigenvalue weighted by molar-refractivity contribution is 5.69. The number of esters is 1. The lowest BCUT2D eigenvalue weighted by molar-refractivity contribution is -0.150. The summed E-state index contributed by atoms with van der Waals surface area (Å²) in [7, 11) is 5.40. The molecule has 0 spiro atoms. The monoisotopic (exact) mass is 634 g/mol. The van der Waals surface area contributed by atoms with Gasteiger partial charge in [0.2, 0.25) is 0 Å². The predicted octanol–water partition coefficient (Wildman–Crippen LogP) is 3.82. The lowest BCUT2D eigenvalue weighted by atomic mass is 10.0. The first kappa shape index (κ1) is 36.6. The van der Waals surface area contributed by atoms with Crippen LogP contribution in [0.2, 0.25) is 0 Å². The van der Waals surface area contributed by atoms with Crippen LogP contribution in [0.4, 0.5) is 0 Å². The molecule has 0 radical (unpaired) electrons. The maximum absolute atomic E-state index is 12.9. The van der Waals surface area contributed by atoms with Gasteiger partial charge in [0, 0.05) is 25.9 Å². The summed E-state index contributed by atoms with van der Waals surface area (Å²) in [6.07, 6.45) is 14.1. The first-order chi connectivity index (χ1) is 21.7. The maximum Gasteiger partial charge on any atom is 0.330 e. The van der Waals surface area contributed by atoms with Crippen molar-refractivity contribution in [2.75, 3.05) is 27.7 Å². The molecule has 1 saturated heterocycles. The molecule has 0 bridgehead atoms. The van der Waals surface area contributed by atoms with Crippen LogP contribution in [0.25, 0.3) is 0 Å². The van der Waals surface area contributed by atoms with E-state index in [0.717, 1.165) is 32.1 Å². The van der Waals surface area contributed by atoms with Gasteiger partial charge in [0.15, 0.2) is 6.23 Å². The Morgan fingerprint density at radius 2 is 1.69 bits per heavy atom. The molecule has 254 valence electrons. The molecule has 2 aromatic heterocycles. The largest absolute Gasteiger partial charge is 0.461 e. The minimum absolute atomic E-state index is 0.0392. The van der Waals surface area contributed by atoms with Gasteiger partial charge in [-0.2, -0.15) is 0 Å². The fourth-order valence-electron chi connectivity index (χ4n) is 5.76. The number of carbonyl (C=O) groups is 1. The molecule has 0 amide bonds. The molecule has 13 nitrogen and oxygen atoms in total. The zero-order valence-corrected chi connectivity index (χ0v) is 27.8. The SMILES string of the molecule is CCCCCCCCC(CCCCCC)OC(=O)Cn1cc(CO[C@@H]2[C@H](OC)[C@@H](CN(C)C)O[C@H]2n2ccc(=O)[nH]c2=O)nn1. The number of aromatic nitrogens is 5. The van der Waals surface area contributed by atoms with Crippen LogP contribution in [0.1, 0.15) is 103 Å². The molecule has 45 heavy (non-hydrogen) atoms. The number of unbranched alkanes of at least 4 members (excludes halogenated alkanes) is 8. The first-order valence-electron chi connectivity index (χ1n) is 16.6. The molecule has 3 heterocycles. The van der Waals surface area contributed by atoms with Crippen LogP contribution in [-0.2, 0) is 36.9 Å². The van der Waals surface area contributed by atoms with E-state index in [1.165, 1.54) is 66.5 Å². The number of methoxy groups -OCH3 is 1. The van der Waals surface area contributed by atoms with Crippen molar-refractivity contribution >= 4 is 5.97 Å². The molecule has 2 aromatic rings. The zero-order chi connectivity index (χ0) is 32.6. The van der Waals surface area contributed by atoms with E-state index in [1.807, 2.05) is 19.0 Å². The van der Waals surface area contributed by atoms with Crippen LogP contribution >= 0.6 is 0 Å². The third-order valence-corrected chi connectivity index (χ3v) is 8.09. The Labute approximate surface area is 266 Å². The van der Waals surface area contributed by atoms with Gasteiger partial charge in [-0.3, -0.25) is 19.1 Å². The minimum atomic E-state index is -0.838. The van der Waals surface area contributed by atoms with Crippen molar-refractivity contribution in [1.29, 1.82) is 0 Å². The Hall–Kier alpha value is -2.87. The van der Waals surface area contributed by atoms with Gasteiger partial charge >= 0.3 is 11.7 Å². The summed E-state index contributed by atoms with van der Waals surface area (Å²) in [5.41, 5.74) is -0.601. The van der Waals surface area contributed by atoms with E-state index >= 15 is 0 Å². The Bertz CT molecular complexity index is 1240. The van der Waals surface area contributed by atoms with Crippen molar-refractivity contribution in [3.05, 3.63) is 45.0 Å². The van der Waals surface area contributed by atoms with Crippen LogP contribution in [0.5, 0.6) is 0 Å². The molecule has 5 atom stereocenters. The van der Waals surface area contributed by atoms with E-state index in [4.69, 9.17) is 18.9 Å². The normalized spacial score (nSPS) is 20.6. The fourth-order valence-corrected chi connectivity index (χ4v) is 5.76. The van der Waals surface area contributed by atoms with E-state index in [1.54, 1.807) is 13.3 Å². The van der Waals surface area contributed by atoms with Crippen LogP contribution in [0.3, 0.4) is 0 Å². The van der Waals surface area contributed by atoms with Crippen molar-refractivity contribution in [2.45, 2.75) is 135 Å². The van der Waals surface area contributed by atoms with E-state index in [9.17, 15) is 14.4 Å². The predicted molar refractivity (Wildman–Crippen MR) is 170 cm³/mol. The molecule has 1 aliphatic heterocycles. The molecule has 1 fully saturated rings. The van der Waals surface area contributed by atoms with Gasteiger partial charge < -0.3 is 23.8 Å². The summed E-state index contributed by atoms with van der Waals surface area (Å²) in [5.74, 6) is -0.327. The molecule has 13 heteroatoms. The highest BCUT2D eigenvalue weighted by Gasteiger charge is 2.47. The van der Waals surface area contributed by atoms with Crippen molar-refractivity contribution in [3.8, 4) is 0 Å². The molecule has 1 aliphatic rings. The number of rotatable bonds is 22. The van der Waals surface area contributed by atoms with Gasteiger partial charge in [-0.25, -0.2) is 9.48 Å². The Balaban J connectivity index is 1.59.